The Kier molecular flexibility index (Phi) is 6.86. The summed E-state index contributed by atoms with van der Waals surface area (Å²) in [6.07, 6.45) is 4.40. The van der Waals surface area contributed by atoms with E-state index in [0.717, 1.165) is 45.6 Å². The first kappa shape index (κ1) is 24.6. The summed E-state index contributed by atoms with van der Waals surface area (Å²) in [4.78, 5) is 15.0. The van der Waals surface area contributed by atoms with Crippen LogP contribution in [0.4, 0.5) is 11.5 Å². The van der Waals surface area contributed by atoms with Gasteiger partial charge in [-0.3, -0.25) is 5.41 Å². The number of anilines is 2. The molecule has 2 heterocycles. The van der Waals surface area contributed by atoms with Crippen LogP contribution in [0.15, 0.2) is 66.0 Å². The lowest BCUT2D eigenvalue weighted by Gasteiger charge is -2.21. The predicted molar refractivity (Wildman–Crippen MR) is 142 cm³/mol. The Bertz CT molecular complexity index is 1570. The smallest absolute Gasteiger partial charge is 0.144 e. The molecule has 0 fully saturated rings. The topological polar surface area (TPSA) is 99.6 Å². The Morgan fingerprint density at radius 1 is 1.14 bits per heavy atom. The standard InChI is InChI=1S/C28H28N6O2/c1-19-14-21(7-9-25(19)36-22-11-13-33(4)26(16-22)30-17-29)34(5)27-23-15-20(10-12-28(2,3)35)6-8-24(23)31-18-32-27/h6-9,11,13-18,29,35H,1-5H3. The molecule has 0 aliphatic rings. The Labute approximate surface area is 210 Å². The van der Waals surface area contributed by atoms with E-state index in [1.54, 1.807) is 26.2 Å². The Morgan fingerprint density at radius 2 is 1.94 bits per heavy atom. The van der Waals surface area contributed by atoms with Gasteiger partial charge in [-0.25, -0.2) is 15.0 Å². The van der Waals surface area contributed by atoms with Crippen LogP contribution < -0.4 is 15.1 Å². The second-order valence-electron chi connectivity index (χ2n) is 8.94. The minimum Gasteiger partial charge on any atom is -0.457 e. The fraction of sp³-hybridized carbons (Fsp3) is 0.214. The number of hydrogen-bond acceptors (Lipinski definition) is 6. The van der Waals surface area contributed by atoms with E-state index in [-0.39, 0.29) is 0 Å². The molecule has 36 heavy (non-hydrogen) atoms. The second kappa shape index (κ2) is 10.0. The van der Waals surface area contributed by atoms with E-state index in [9.17, 15) is 5.11 Å². The van der Waals surface area contributed by atoms with Gasteiger partial charge in [0.2, 0.25) is 0 Å². The zero-order chi connectivity index (χ0) is 25.9. The highest BCUT2D eigenvalue weighted by Gasteiger charge is 2.13. The number of ether oxygens (including phenoxy) is 1. The maximum atomic E-state index is 9.94. The average Bonchev–Trinajstić information content (AvgIpc) is 2.84. The molecule has 0 aliphatic heterocycles. The normalized spacial score (nSPS) is 11.7. The minimum absolute atomic E-state index is 0.624. The average molecular weight is 481 g/mol. The molecule has 0 aliphatic carbocycles. The molecule has 4 rings (SSSR count). The number of nitrogens with zero attached hydrogens (tertiary/aromatic N) is 5. The van der Waals surface area contributed by atoms with Crippen LogP contribution in [0.2, 0.25) is 0 Å². The van der Waals surface area contributed by atoms with Gasteiger partial charge in [0.05, 0.1) is 5.52 Å². The van der Waals surface area contributed by atoms with Crippen LogP contribution in [0.5, 0.6) is 11.5 Å². The Hall–Kier alpha value is -4.48. The predicted octanol–water partition coefficient (Wildman–Crippen LogP) is 4.47. The molecule has 2 N–H and O–H groups in total. The SMILES string of the molecule is Cc1cc(N(C)c2ncnc3ccc(C#CC(C)(C)O)cc23)ccc1Oc1ccn(C)c(=NC=N)c1. The van der Waals surface area contributed by atoms with Crippen molar-refractivity contribution in [1.29, 1.82) is 5.41 Å². The number of aromatic nitrogens is 3. The lowest BCUT2D eigenvalue weighted by Crippen LogP contribution is -2.16. The van der Waals surface area contributed by atoms with Crippen molar-refractivity contribution < 1.29 is 9.84 Å². The zero-order valence-corrected chi connectivity index (χ0v) is 20.9. The molecule has 0 bridgehead atoms. The van der Waals surface area contributed by atoms with Crippen LogP contribution >= 0.6 is 0 Å². The highest BCUT2D eigenvalue weighted by molar-refractivity contribution is 5.92. The van der Waals surface area contributed by atoms with Gasteiger partial charge in [-0.15, -0.1) is 0 Å². The molecule has 2 aromatic carbocycles. The molecule has 0 spiro atoms. The quantitative estimate of drug-likeness (QED) is 0.249. The minimum atomic E-state index is -1.07. The molecule has 8 heteroatoms. The van der Waals surface area contributed by atoms with Crippen molar-refractivity contribution >= 4 is 28.7 Å². The van der Waals surface area contributed by atoms with E-state index < -0.39 is 5.60 Å². The largest absolute Gasteiger partial charge is 0.457 e. The number of pyridine rings is 1. The lowest BCUT2D eigenvalue weighted by molar-refractivity contribution is 0.143. The van der Waals surface area contributed by atoms with Gasteiger partial charge in [0.25, 0.3) is 0 Å². The summed E-state index contributed by atoms with van der Waals surface area (Å²) in [6.45, 7) is 5.30. The summed E-state index contributed by atoms with van der Waals surface area (Å²) >= 11 is 0. The number of rotatable bonds is 5. The number of benzene rings is 2. The van der Waals surface area contributed by atoms with Crippen LogP contribution in [-0.4, -0.2) is 38.6 Å². The van der Waals surface area contributed by atoms with Crippen LogP contribution in [0, 0.1) is 24.2 Å². The highest BCUT2D eigenvalue weighted by atomic mass is 16.5. The third-order valence-corrected chi connectivity index (χ3v) is 5.51. The summed E-state index contributed by atoms with van der Waals surface area (Å²) < 4.78 is 7.92. The molecule has 0 saturated heterocycles. The van der Waals surface area contributed by atoms with Gasteiger partial charge in [-0.2, -0.15) is 0 Å². The Balaban J connectivity index is 1.66. The summed E-state index contributed by atoms with van der Waals surface area (Å²) in [6, 6.07) is 15.3. The maximum absolute atomic E-state index is 9.94. The van der Waals surface area contributed by atoms with Crippen molar-refractivity contribution in [2.45, 2.75) is 26.4 Å². The van der Waals surface area contributed by atoms with E-state index >= 15 is 0 Å². The van der Waals surface area contributed by atoms with E-state index in [1.165, 1.54) is 0 Å². The molecule has 0 unspecified atom stereocenters. The third kappa shape index (κ3) is 5.59. The van der Waals surface area contributed by atoms with Crippen LogP contribution in [0.1, 0.15) is 25.0 Å². The van der Waals surface area contributed by atoms with Crippen molar-refractivity contribution in [3.05, 3.63) is 77.7 Å². The molecule has 8 nitrogen and oxygen atoms in total. The number of aryl methyl sites for hydroxylation is 2. The fourth-order valence-corrected chi connectivity index (χ4v) is 3.62. The van der Waals surface area contributed by atoms with Gasteiger partial charge >= 0.3 is 0 Å². The van der Waals surface area contributed by atoms with Gasteiger partial charge in [0, 0.05) is 43.0 Å². The molecule has 2 aromatic heterocycles. The number of aliphatic hydroxyl groups is 1. The van der Waals surface area contributed by atoms with Gasteiger partial charge in [0.15, 0.2) is 0 Å². The molecule has 0 atom stereocenters. The summed E-state index contributed by atoms with van der Waals surface area (Å²) in [5.74, 6) is 7.98. The van der Waals surface area contributed by atoms with Crippen LogP contribution in [0.25, 0.3) is 10.9 Å². The van der Waals surface area contributed by atoms with Crippen LogP contribution in [-0.2, 0) is 7.05 Å². The van der Waals surface area contributed by atoms with Gasteiger partial charge in [-0.05, 0) is 68.8 Å². The van der Waals surface area contributed by atoms with Crippen molar-refractivity contribution in [3.63, 3.8) is 0 Å². The van der Waals surface area contributed by atoms with E-state index in [0.29, 0.717) is 11.2 Å². The second-order valence-corrected chi connectivity index (χ2v) is 8.94. The van der Waals surface area contributed by atoms with Crippen molar-refractivity contribution in [1.82, 2.24) is 14.5 Å². The molecular weight excluding hydrogens is 452 g/mol. The number of nitrogens with one attached hydrogen (secondary N) is 1. The third-order valence-electron chi connectivity index (χ3n) is 5.51. The monoisotopic (exact) mass is 480 g/mol. The molecule has 0 amide bonds. The molecule has 182 valence electrons. The number of hydrogen-bond donors (Lipinski definition) is 2. The van der Waals surface area contributed by atoms with Crippen LogP contribution in [0.3, 0.4) is 0 Å². The molecule has 0 radical (unpaired) electrons. The summed E-state index contributed by atoms with van der Waals surface area (Å²) in [5, 5.41) is 18.0. The van der Waals surface area contributed by atoms with Crippen molar-refractivity contribution in [2.75, 3.05) is 11.9 Å². The van der Waals surface area contributed by atoms with E-state index in [1.807, 2.05) is 79.1 Å². The Morgan fingerprint density at radius 3 is 2.67 bits per heavy atom. The number of fused-ring (bicyclic) bond motifs is 1. The van der Waals surface area contributed by atoms with Gasteiger partial charge in [0.1, 0.15) is 41.1 Å². The van der Waals surface area contributed by atoms with E-state index in [2.05, 4.69) is 26.8 Å². The maximum Gasteiger partial charge on any atom is 0.144 e. The van der Waals surface area contributed by atoms with Gasteiger partial charge in [-0.1, -0.05) is 11.8 Å². The highest BCUT2D eigenvalue weighted by Crippen LogP contribution is 2.32. The first-order chi connectivity index (χ1) is 17.1. The first-order valence-electron chi connectivity index (χ1n) is 11.4. The lowest BCUT2D eigenvalue weighted by atomic mass is 10.1. The summed E-state index contributed by atoms with van der Waals surface area (Å²) in [5.41, 5.74) is 3.02. The summed E-state index contributed by atoms with van der Waals surface area (Å²) in [7, 11) is 3.82. The van der Waals surface area contributed by atoms with Crippen molar-refractivity contribution in [2.24, 2.45) is 12.0 Å². The molecular formula is C28H28N6O2. The first-order valence-corrected chi connectivity index (χ1v) is 11.4. The van der Waals surface area contributed by atoms with E-state index in [4.69, 9.17) is 10.1 Å². The van der Waals surface area contributed by atoms with Crippen molar-refractivity contribution in [3.8, 4) is 23.3 Å². The van der Waals surface area contributed by atoms with Gasteiger partial charge < -0.3 is 19.3 Å². The molecule has 0 saturated carbocycles. The zero-order valence-electron chi connectivity index (χ0n) is 20.9. The molecule has 4 aromatic rings. The fourth-order valence-electron chi connectivity index (χ4n) is 3.62.